The van der Waals surface area contributed by atoms with E-state index in [1.54, 1.807) is 0 Å². The van der Waals surface area contributed by atoms with Crippen molar-refractivity contribution in [2.45, 2.75) is 42.4 Å². The Morgan fingerprint density at radius 1 is 0.833 bits per heavy atom. The first-order valence-corrected chi connectivity index (χ1v) is 12.0. The van der Waals surface area contributed by atoms with Crippen LogP contribution in [0.4, 0.5) is 11.4 Å². The maximum atomic E-state index is 9.14. The third-order valence-electron chi connectivity index (χ3n) is 6.23. The number of rotatable bonds is 6. The molecule has 0 bridgehead atoms. The van der Waals surface area contributed by atoms with E-state index in [4.69, 9.17) is 5.11 Å². The van der Waals surface area contributed by atoms with Gasteiger partial charge in [0.15, 0.2) is 0 Å². The summed E-state index contributed by atoms with van der Waals surface area (Å²) in [5.41, 5.74) is 4.25. The van der Waals surface area contributed by atoms with Crippen LogP contribution in [0.1, 0.15) is 32.8 Å². The summed E-state index contributed by atoms with van der Waals surface area (Å²) in [6.07, 6.45) is 1.15. The highest BCUT2D eigenvalue weighted by Gasteiger charge is 2.25. The number of aliphatic hydroxyl groups is 1. The van der Waals surface area contributed by atoms with Crippen molar-refractivity contribution in [1.29, 1.82) is 0 Å². The van der Waals surface area contributed by atoms with Gasteiger partial charge in [-0.05, 0) is 48.2 Å². The van der Waals surface area contributed by atoms with Gasteiger partial charge in [-0.25, -0.2) is 0 Å². The van der Waals surface area contributed by atoms with E-state index in [0.717, 1.165) is 52.2 Å². The normalized spacial score (nSPS) is 17.7. The van der Waals surface area contributed by atoms with E-state index in [0.29, 0.717) is 0 Å². The zero-order valence-corrected chi connectivity index (χ0v) is 19.4. The highest BCUT2D eigenvalue weighted by molar-refractivity contribution is 7.99. The van der Waals surface area contributed by atoms with Crippen LogP contribution in [0.3, 0.4) is 0 Å². The van der Waals surface area contributed by atoms with Crippen molar-refractivity contribution in [2.24, 2.45) is 0 Å². The monoisotopic (exact) mass is 425 g/mol. The molecule has 1 N–H and O–H groups in total. The Morgan fingerprint density at radius 3 is 2.20 bits per heavy atom. The molecule has 2 heterocycles. The Morgan fingerprint density at radius 2 is 1.50 bits per heavy atom. The smallest absolute Gasteiger partial charge is 0.0558 e. The fourth-order valence-electron chi connectivity index (χ4n) is 4.37. The fourth-order valence-corrected chi connectivity index (χ4v) is 5.44. The molecule has 0 saturated carbocycles. The number of para-hydroxylation sites is 1. The molecule has 4 nitrogen and oxygen atoms in total. The fraction of sp³-hybridized carbons (Fsp3) is 0.520. The van der Waals surface area contributed by atoms with Crippen molar-refractivity contribution in [3.8, 4) is 0 Å². The van der Waals surface area contributed by atoms with Crippen LogP contribution >= 0.6 is 11.8 Å². The van der Waals surface area contributed by atoms with Gasteiger partial charge >= 0.3 is 0 Å². The van der Waals surface area contributed by atoms with Gasteiger partial charge in [0, 0.05) is 49.1 Å². The highest BCUT2D eigenvalue weighted by Crippen LogP contribution is 2.49. The van der Waals surface area contributed by atoms with Crippen LogP contribution in [0.15, 0.2) is 52.3 Å². The van der Waals surface area contributed by atoms with Crippen LogP contribution in [-0.2, 0) is 5.41 Å². The molecule has 2 aliphatic rings. The number of hydrogen-bond donors (Lipinski definition) is 1. The average molecular weight is 426 g/mol. The molecule has 0 aliphatic carbocycles. The largest absolute Gasteiger partial charge is 0.395 e. The van der Waals surface area contributed by atoms with Crippen molar-refractivity contribution in [2.75, 3.05) is 57.3 Å². The molecule has 0 unspecified atom stereocenters. The summed E-state index contributed by atoms with van der Waals surface area (Å²) in [5.74, 6) is 0. The first kappa shape index (κ1) is 21.7. The molecular formula is C25H35N3OS. The molecule has 4 rings (SSSR count). The van der Waals surface area contributed by atoms with E-state index in [2.05, 4.69) is 77.9 Å². The predicted octanol–water partition coefficient (Wildman–Crippen LogP) is 4.59. The molecule has 2 aromatic rings. The van der Waals surface area contributed by atoms with Gasteiger partial charge in [0.2, 0.25) is 0 Å². The molecule has 0 amide bonds. The quantitative estimate of drug-likeness (QED) is 0.731. The molecule has 30 heavy (non-hydrogen) atoms. The Kier molecular flexibility index (Phi) is 6.73. The van der Waals surface area contributed by atoms with Gasteiger partial charge in [0.05, 0.1) is 18.0 Å². The van der Waals surface area contributed by atoms with Gasteiger partial charge in [-0.1, -0.05) is 50.7 Å². The molecule has 162 valence electrons. The van der Waals surface area contributed by atoms with E-state index in [1.165, 1.54) is 26.7 Å². The van der Waals surface area contributed by atoms with Crippen molar-refractivity contribution in [3.63, 3.8) is 0 Å². The van der Waals surface area contributed by atoms with Gasteiger partial charge in [-0.2, -0.15) is 0 Å². The van der Waals surface area contributed by atoms with E-state index < -0.39 is 0 Å². The van der Waals surface area contributed by atoms with E-state index >= 15 is 0 Å². The topological polar surface area (TPSA) is 30.0 Å². The minimum atomic E-state index is 0.149. The van der Waals surface area contributed by atoms with E-state index in [9.17, 15) is 0 Å². The van der Waals surface area contributed by atoms with E-state index in [-0.39, 0.29) is 12.0 Å². The Bertz CT molecular complexity index is 856. The molecule has 0 atom stereocenters. The zero-order valence-electron chi connectivity index (χ0n) is 18.6. The van der Waals surface area contributed by atoms with Gasteiger partial charge < -0.3 is 14.9 Å². The lowest BCUT2D eigenvalue weighted by atomic mass is 9.87. The first-order chi connectivity index (χ1) is 14.5. The highest BCUT2D eigenvalue weighted by atomic mass is 32.2. The van der Waals surface area contributed by atoms with Gasteiger partial charge in [-0.3, -0.25) is 4.90 Å². The van der Waals surface area contributed by atoms with E-state index in [1.807, 2.05) is 11.8 Å². The average Bonchev–Trinajstić information content (AvgIpc) is 2.73. The van der Waals surface area contributed by atoms with Crippen LogP contribution in [0.5, 0.6) is 0 Å². The standard InChI is InChI=1S/C25H35N3OS/c1-25(2,3)20-9-10-24-22(19-20)28(21-7-4-5-8-23(21)30-24)12-6-11-26-13-15-27(16-14-26)17-18-29/h4-5,7-10,19,29H,6,11-18H2,1-3H3. The molecule has 2 aliphatic heterocycles. The molecule has 1 saturated heterocycles. The number of β-amino-alcohol motifs (C(OH)–C–C–N with tert-alkyl or cyclic N) is 1. The number of hydrogen-bond acceptors (Lipinski definition) is 5. The molecule has 0 radical (unpaired) electrons. The van der Waals surface area contributed by atoms with Crippen LogP contribution in [0.25, 0.3) is 0 Å². The molecule has 0 aromatic heterocycles. The lowest BCUT2D eigenvalue weighted by molar-refractivity contribution is 0.112. The maximum Gasteiger partial charge on any atom is 0.0558 e. The van der Waals surface area contributed by atoms with Crippen LogP contribution in [0, 0.1) is 0 Å². The zero-order chi connectivity index (χ0) is 21.1. The Balaban J connectivity index is 1.47. The van der Waals surface area contributed by atoms with Gasteiger partial charge in [-0.15, -0.1) is 0 Å². The van der Waals surface area contributed by atoms with Crippen LogP contribution in [0.2, 0.25) is 0 Å². The summed E-state index contributed by atoms with van der Waals surface area (Å²) < 4.78 is 0. The van der Waals surface area contributed by atoms with Crippen molar-refractivity contribution >= 4 is 23.1 Å². The third-order valence-corrected chi connectivity index (χ3v) is 7.36. The number of fused-ring (bicyclic) bond motifs is 2. The maximum absolute atomic E-state index is 9.14. The number of piperazine rings is 1. The second-order valence-electron chi connectivity index (χ2n) is 9.41. The number of benzene rings is 2. The van der Waals surface area contributed by atoms with Gasteiger partial charge in [0.25, 0.3) is 0 Å². The van der Waals surface area contributed by atoms with Crippen molar-refractivity contribution in [3.05, 3.63) is 48.0 Å². The number of nitrogens with zero attached hydrogens (tertiary/aromatic N) is 3. The molecule has 0 spiro atoms. The predicted molar refractivity (Wildman–Crippen MR) is 127 cm³/mol. The minimum absolute atomic E-state index is 0.149. The SMILES string of the molecule is CC(C)(C)c1ccc2c(c1)N(CCCN1CCN(CCO)CC1)c1ccccc1S2. The third kappa shape index (κ3) is 4.86. The molecule has 1 fully saturated rings. The number of anilines is 2. The lowest BCUT2D eigenvalue weighted by Crippen LogP contribution is -2.47. The molecule has 2 aromatic carbocycles. The first-order valence-electron chi connectivity index (χ1n) is 11.2. The summed E-state index contributed by atoms with van der Waals surface area (Å²) in [7, 11) is 0. The van der Waals surface area contributed by atoms with Crippen LogP contribution < -0.4 is 4.90 Å². The second kappa shape index (κ2) is 9.31. The summed E-state index contributed by atoms with van der Waals surface area (Å²) in [4.78, 5) is 10.2. The summed E-state index contributed by atoms with van der Waals surface area (Å²) in [5, 5.41) is 9.14. The second-order valence-corrected chi connectivity index (χ2v) is 10.5. The molecule has 5 heteroatoms. The summed E-state index contributed by atoms with van der Waals surface area (Å²) in [6, 6.07) is 15.8. The van der Waals surface area contributed by atoms with Crippen LogP contribution in [-0.4, -0.2) is 67.3 Å². The minimum Gasteiger partial charge on any atom is -0.395 e. The number of aliphatic hydroxyl groups excluding tert-OH is 1. The Hall–Kier alpha value is -1.53. The van der Waals surface area contributed by atoms with Crippen molar-refractivity contribution in [1.82, 2.24) is 9.80 Å². The summed E-state index contributed by atoms with van der Waals surface area (Å²) >= 11 is 1.89. The Labute approximate surface area is 185 Å². The van der Waals surface area contributed by atoms with Gasteiger partial charge in [0.1, 0.15) is 0 Å². The molecular weight excluding hydrogens is 390 g/mol. The lowest BCUT2D eigenvalue weighted by Gasteiger charge is -2.36. The summed E-state index contributed by atoms with van der Waals surface area (Å²) in [6.45, 7) is 14.5. The van der Waals surface area contributed by atoms with Crippen molar-refractivity contribution < 1.29 is 5.11 Å².